The summed E-state index contributed by atoms with van der Waals surface area (Å²) in [7, 11) is 1.65. The fraction of sp³-hybridized carbons (Fsp3) is 0.579. The Labute approximate surface area is 149 Å². The lowest BCUT2D eigenvalue weighted by Gasteiger charge is -2.28. The van der Waals surface area contributed by atoms with Crippen LogP contribution in [-0.2, 0) is 11.3 Å². The van der Waals surface area contributed by atoms with Crippen molar-refractivity contribution in [1.82, 2.24) is 19.9 Å². The van der Waals surface area contributed by atoms with Gasteiger partial charge in [-0.2, -0.15) is 4.98 Å². The van der Waals surface area contributed by atoms with Crippen molar-refractivity contribution < 1.29 is 9.26 Å². The van der Waals surface area contributed by atoms with E-state index in [1.54, 1.807) is 7.11 Å². The molecule has 1 fully saturated rings. The minimum Gasteiger partial charge on any atom is -0.374 e. The van der Waals surface area contributed by atoms with Gasteiger partial charge in [0.15, 0.2) is 5.82 Å². The molecule has 0 radical (unpaired) electrons. The van der Waals surface area contributed by atoms with Gasteiger partial charge in [0.05, 0.1) is 6.54 Å². The molecule has 2 atom stereocenters. The molecule has 3 rings (SSSR count). The van der Waals surface area contributed by atoms with Crippen molar-refractivity contribution in [3.63, 3.8) is 0 Å². The predicted molar refractivity (Wildman–Crippen MR) is 96.0 cm³/mol. The van der Waals surface area contributed by atoms with Crippen LogP contribution in [0.3, 0.4) is 0 Å². The van der Waals surface area contributed by atoms with Crippen LogP contribution in [0.1, 0.15) is 49.7 Å². The number of aromatic nitrogens is 2. The van der Waals surface area contributed by atoms with Crippen LogP contribution in [0.2, 0.25) is 0 Å². The van der Waals surface area contributed by atoms with E-state index < -0.39 is 0 Å². The van der Waals surface area contributed by atoms with Gasteiger partial charge in [-0.3, -0.25) is 9.80 Å². The average molecular weight is 344 g/mol. The molecule has 1 aromatic carbocycles. The van der Waals surface area contributed by atoms with Crippen molar-refractivity contribution in [3.05, 3.63) is 47.6 Å². The maximum Gasteiger partial charge on any atom is 0.240 e. The van der Waals surface area contributed by atoms with E-state index in [0.29, 0.717) is 24.3 Å². The van der Waals surface area contributed by atoms with Crippen molar-refractivity contribution in [2.45, 2.75) is 39.0 Å². The molecule has 1 aliphatic rings. The van der Waals surface area contributed by atoms with E-state index in [2.05, 4.69) is 57.2 Å². The van der Waals surface area contributed by atoms with Gasteiger partial charge < -0.3 is 9.26 Å². The van der Waals surface area contributed by atoms with Crippen molar-refractivity contribution in [3.8, 4) is 0 Å². The van der Waals surface area contributed by atoms with Crippen LogP contribution in [-0.4, -0.2) is 53.2 Å². The first-order valence-corrected chi connectivity index (χ1v) is 9.04. The molecule has 25 heavy (non-hydrogen) atoms. The van der Waals surface area contributed by atoms with Crippen molar-refractivity contribution in [2.24, 2.45) is 0 Å². The molecule has 6 heteroatoms. The molecule has 0 amide bonds. The molecule has 136 valence electrons. The first-order valence-electron chi connectivity index (χ1n) is 9.04. The van der Waals surface area contributed by atoms with Gasteiger partial charge in [-0.05, 0) is 32.4 Å². The molecule has 1 aromatic heterocycles. The number of benzene rings is 1. The van der Waals surface area contributed by atoms with Gasteiger partial charge in [0.1, 0.15) is 6.10 Å². The van der Waals surface area contributed by atoms with E-state index in [4.69, 9.17) is 9.26 Å². The summed E-state index contributed by atoms with van der Waals surface area (Å²) in [5, 5.41) is 4.01. The summed E-state index contributed by atoms with van der Waals surface area (Å²) in [4.78, 5) is 9.40. The normalized spacial score (nSPS) is 19.5. The maximum absolute atomic E-state index is 5.38. The highest BCUT2D eigenvalue weighted by molar-refractivity contribution is 5.18. The summed E-state index contributed by atoms with van der Waals surface area (Å²) >= 11 is 0. The monoisotopic (exact) mass is 344 g/mol. The Morgan fingerprint density at radius 1 is 1.12 bits per heavy atom. The second kappa shape index (κ2) is 8.56. The van der Waals surface area contributed by atoms with Crippen molar-refractivity contribution >= 4 is 0 Å². The topological polar surface area (TPSA) is 54.6 Å². The van der Waals surface area contributed by atoms with E-state index >= 15 is 0 Å². The number of nitrogens with zero attached hydrogens (tertiary/aromatic N) is 4. The van der Waals surface area contributed by atoms with E-state index in [1.165, 1.54) is 5.56 Å². The van der Waals surface area contributed by atoms with Crippen LogP contribution in [0, 0.1) is 0 Å². The zero-order chi connectivity index (χ0) is 17.6. The molecule has 0 saturated carbocycles. The SMILES string of the molecule is CO[C@H](C)c1noc(CN2CCCN([C@H](C)c3ccccc3)CC2)n1. The lowest BCUT2D eigenvalue weighted by Crippen LogP contribution is -2.32. The van der Waals surface area contributed by atoms with E-state index in [1.807, 2.05) is 6.92 Å². The molecule has 0 N–H and O–H groups in total. The second-order valence-electron chi connectivity index (χ2n) is 6.68. The summed E-state index contributed by atoms with van der Waals surface area (Å²) < 4.78 is 10.6. The standard InChI is InChI=1S/C19H28N4O2/c1-15(17-8-5-4-6-9-17)23-11-7-10-22(12-13-23)14-18-20-19(21-25-18)16(2)24-3/h4-6,8-9,15-16H,7,10-14H2,1-3H3/t15-,16-/m1/s1. The molecule has 1 aliphatic heterocycles. The minimum absolute atomic E-state index is 0.135. The number of rotatable bonds is 6. The lowest BCUT2D eigenvalue weighted by atomic mass is 10.1. The highest BCUT2D eigenvalue weighted by Gasteiger charge is 2.22. The Kier molecular flexibility index (Phi) is 6.18. The first-order chi connectivity index (χ1) is 12.2. The highest BCUT2D eigenvalue weighted by Crippen LogP contribution is 2.22. The van der Waals surface area contributed by atoms with Crippen LogP contribution in [0.25, 0.3) is 0 Å². The van der Waals surface area contributed by atoms with Gasteiger partial charge >= 0.3 is 0 Å². The lowest BCUT2D eigenvalue weighted by molar-refractivity contribution is 0.109. The van der Waals surface area contributed by atoms with Crippen LogP contribution in [0.4, 0.5) is 0 Å². The predicted octanol–water partition coefficient (Wildman–Crippen LogP) is 3.05. The van der Waals surface area contributed by atoms with Gasteiger partial charge in [0, 0.05) is 32.8 Å². The number of hydrogen-bond acceptors (Lipinski definition) is 6. The van der Waals surface area contributed by atoms with Crippen LogP contribution >= 0.6 is 0 Å². The number of methoxy groups -OCH3 is 1. The minimum atomic E-state index is -0.135. The second-order valence-corrected chi connectivity index (χ2v) is 6.68. The molecule has 2 heterocycles. The highest BCUT2D eigenvalue weighted by atomic mass is 16.5. The largest absolute Gasteiger partial charge is 0.374 e. The van der Waals surface area contributed by atoms with Gasteiger partial charge in [-0.1, -0.05) is 35.5 Å². The third kappa shape index (κ3) is 4.66. The third-order valence-electron chi connectivity index (χ3n) is 5.01. The van der Waals surface area contributed by atoms with Crippen molar-refractivity contribution in [2.75, 3.05) is 33.3 Å². The molecule has 0 bridgehead atoms. The zero-order valence-electron chi connectivity index (χ0n) is 15.4. The Morgan fingerprint density at radius 2 is 1.92 bits per heavy atom. The summed E-state index contributed by atoms with van der Waals surface area (Å²) in [5.41, 5.74) is 1.38. The summed E-state index contributed by atoms with van der Waals surface area (Å²) in [5.74, 6) is 1.29. The molecular formula is C19H28N4O2. The quantitative estimate of drug-likeness (QED) is 0.803. The smallest absolute Gasteiger partial charge is 0.240 e. The first kappa shape index (κ1) is 18.0. The zero-order valence-corrected chi connectivity index (χ0v) is 15.4. The Balaban J connectivity index is 1.55. The van der Waals surface area contributed by atoms with Crippen LogP contribution < -0.4 is 0 Å². The number of ether oxygens (including phenoxy) is 1. The fourth-order valence-electron chi connectivity index (χ4n) is 3.27. The van der Waals surface area contributed by atoms with E-state index in [9.17, 15) is 0 Å². The van der Waals surface area contributed by atoms with Gasteiger partial charge in [-0.15, -0.1) is 0 Å². The summed E-state index contributed by atoms with van der Waals surface area (Å²) in [6.07, 6.45) is 1.01. The molecule has 1 saturated heterocycles. The average Bonchev–Trinajstić information content (AvgIpc) is 2.99. The molecule has 6 nitrogen and oxygen atoms in total. The Hall–Kier alpha value is -1.76. The third-order valence-corrected chi connectivity index (χ3v) is 5.01. The van der Waals surface area contributed by atoms with E-state index in [0.717, 1.165) is 32.6 Å². The fourth-order valence-corrected chi connectivity index (χ4v) is 3.27. The molecule has 0 unspecified atom stereocenters. The molecular weight excluding hydrogens is 316 g/mol. The molecule has 0 aliphatic carbocycles. The summed E-state index contributed by atoms with van der Waals surface area (Å²) in [6.45, 7) is 9.14. The van der Waals surface area contributed by atoms with Crippen LogP contribution in [0.5, 0.6) is 0 Å². The Morgan fingerprint density at radius 3 is 2.68 bits per heavy atom. The van der Waals surface area contributed by atoms with E-state index in [-0.39, 0.29) is 6.10 Å². The van der Waals surface area contributed by atoms with Gasteiger partial charge in [0.25, 0.3) is 0 Å². The Bertz CT molecular complexity index is 646. The van der Waals surface area contributed by atoms with Crippen LogP contribution in [0.15, 0.2) is 34.9 Å². The number of hydrogen-bond donors (Lipinski definition) is 0. The molecule has 0 spiro atoms. The maximum atomic E-state index is 5.38. The molecule has 2 aromatic rings. The van der Waals surface area contributed by atoms with Gasteiger partial charge in [-0.25, -0.2) is 0 Å². The van der Waals surface area contributed by atoms with Gasteiger partial charge in [0.2, 0.25) is 5.89 Å². The summed E-state index contributed by atoms with van der Waals surface area (Å²) in [6, 6.07) is 11.2. The van der Waals surface area contributed by atoms with Crippen molar-refractivity contribution in [1.29, 1.82) is 0 Å².